The summed E-state index contributed by atoms with van der Waals surface area (Å²) in [7, 11) is 0. The topological polar surface area (TPSA) is 68.5 Å². The fourth-order valence-corrected chi connectivity index (χ4v) is 3.70. The number of ketones is 1. The minimum absolute atomic E-state index is 0.0711. The molecule has 4 rings (SSSR count). The lowest BCUT2D eigenvalue weighted by atomic mass is 9.98. The molecule has 0 radical (unpaired) electrons. The molecule has 4 aromatic rings. The van der Waals surface area contributed by atoms with Crippen molar-refractivity contribution in [2.24, 2.45) is 0 Å². The summed E-state index contributed by atoms with van der Waals surface area (Å²) in [6, 6.07) is 24.2. The zero-order valence-corrected chi connectivity index (χ0v) is 18.7. The van der Waals surface area contributed by atoms with Crippen molar-refractivity contribution in [1.29, 1.82) is 0 Å². The van der Waals surface area contributed by atoms with Crippen molar-refractivity contribution < 1.29 is 18.7 Å². The predicted molar refractivity (Wildman–Crippen MR) is 128 cm³/mol. The van der Waals surface area contributed by atoms with E-state index in [1.165, 1.54) is 0 Å². The van der Waals surface area contributed by atoms with Crippen molar-refractivity contribution in [2.75, 3.05) is 6.61 Å². The Morgan fingerprint density at radius 3 is 2.39 bits per heavy atom. The number of aryl methyl sites for hydroxylation is 1. The highest BCUT2D eigenvalue weighted by Gasteiger charge is 2.21. The van der Waals surface area contributed by atoms with Gasteiger partial charge in [-0.2, -0.15) is 0 Å². The van der Waals surface area contributed by atoms with Crippen LogP contribution < -0.4 is 10.1 Å². The van der Waals surface area contributed by atoms with Gasteiger partial charge in [-0.3, -0.25) is 9.59 Å². The summed E-state index contributed by atoms with van der Waals surface area (Å²) in [4.78, 5) is 25.4. The molecule has 0 saturated carbocycles. The van der Waals surface area contributed by atoms with Crippen LogP contribution in [0.5, 0.6) is 5.75 Å². The van der Waals surface area contributed by atoms with E-state index in [1.807, 2.05) is 54.6 Å². The van der Waals surface area contributed by atoms with E-state index in [4.69, 9.17) is 9.15 Å². The summed E-state index contributed by atoms with van der Waals surface area (Å²) in [5.74, 6) is 0.991. The molecule has 1 heterocycles. The maximum atomic E-state index is 13.3. The van der Waals surface area contributed by atoms with E-state index in [-0.39, 0.29) is 18.3 Å². The molecule has 33 heavy (non-hydrogen) atoms. The van der Waals surface area contributed by atoms with E-state index < -0.39 is 0 Å². The van der Waals surface area contributed by atoms with Gasteiger partial charge >= 0.3 is 0 Å². The second-order valence-electron chi connectivity index (χ2n) is 7.90. The highest BCUT2D eigenvalue weighted by atomic mass is 16.5. The Morgan fingerprint density at radius 1 is 0.909 bits per heavy atom. The Balaban J connectivity index is 1.41. The number of nitrogens with one attached hydrogen (secondary N) is 1. The molecule has 1 amide bonds. The monoisotopic (exact) mass is 441 g/mol. The summed E-state index contributed by atoms with van der Waals surface area (Å²) in [5.41, 5.74) is 2.94. The van der Waals surface area contributed by atoms with Crippen molar-refractivity contribution in [2.45, 2.75) is 32.7 Å². The lowest BCUT2D eigenvalue weighted by molar-refractivity contribution is -0.123. The molecule has 0 bridgehead atoms. The minimum atomic E-state index is -0.204. The van der Waals surface area contributed by atoms with E-state index in [0.29, 0.717) is 23.4 Å². The number of hydrogen-bond acceptors (Lipinski definition) is 4. The Hall–Kier alpha value is -3.86. The molecule has 0 atom stereocenters. The van der Waals surface area contributed by atoms with Crippen LogP contribution in [0.4, 0.5) is 0 Å². The van der Waals surface area contributed by atoms with Gasteiger partial charge in [-0.25, -0.2) is 0 Å². The lowest BCUT2D eigenvalue weighted by Crippen LogP contribution is -2.28. The van der Waals surface area contributed by atoms with Gasteiger partial charge in [0.05, 0.1) is 5.56 Å². The zero-order chi connectivity index (χ0) is 23.0. The number of amides is 1. The summed E-state index contributed by atoms with van der Waals surface area (Å²) in [6.07, 6.45) is 2.71. The Bertz CT molecular complexity index is 1230. The molecule has 0 aliphatic carbocycles. The number of hydrogen-bond donors (Lipinski definition) is 1. The molecule has 168 valence electrons. The van der Waals surface area contributed by atoms with Crippen LogP contribution in [-0.4, -0.2) is 18.3 Å². The molecule has 3 aromatic carbocycles. The summed E-state index contributed by atoms with van der Waals surface area (Å²) < 4.78 is 11.6. The zero-order valence-electron chi connectivity index (χ0n) is 18.7. The van der Waals surface area contributed by atoms with Crippen LogP contribution in [0.3, 0.4) is 0 Å². The number of unbranched alkanes of at least 4 members (excludes halogenated alkanes) is 1. The van der Waals surface area contributed by atoms with E-state index in [9.17, 15) is 9.59 Å². The second kappa shape index (κ2) is 10.6. The predicted octanol–water partition coefficient (Wildman–Crippen LogP) is 5.70. The molecule has 0 spiro atoms. The molecule has 0 fully saturated rings. The lowest BCUT2D eigenvalue weighted by Gasteiger charge is -2.08. The van der Waals surface area contributed by atoms with Crippen molar-refractivity contribution in [3.8, 4) is 5.75 Å². The molecule has 5 heteroatoms. The van der Waals surface area contributed by atoms with Crippen LogP contribution in [0.15, 0.2) is 83.3 Å². The molecule has 0 aliphatic rings. The van der Waals surface area contributed by atoms with Gasteiger partial charge in [-0.05, 0) is 42.3 Å². The maximum absolute atomic E-state index is 13.3. The average molecular weight is 442 g/mol. The largest absolute Gasteiger partial charge is 0.484 e. The Morgan fingerprint density at radius 2 is 1.64 bits per heavy atom. The molecule has 1 N–H and O–H groups in total. The molecule has 0 unspecified atom stereocenters. The van der Waals surface area contributed by atoms with Gasteiger partial charge in [0, 0.05) is 23.9 Å². The first-order valence-electron chi connectivity index (χ1n) is 11.2. The average Bonchev–Trinajstić information content (AvgIpc) is 3.23. The van der Waals surface area contributed by atoms with Crippen LogP contribution in [0.2, 0.25) is 0 Å². The van der Waals surface area contributed by atoms with Gasteiger partial charge in [0.15, 0.2) is 12.4 Å². The second-order valence-corrected chi connectivity index (χ2v) is 7.90. The number of ether oxygens (including phenoxy) is 1. The maximum Gasteiger partial charge on any atom is 0.258 e. The van der Waals surface area contributed by atoms with Crippen molar-refractivity contribution in [1.82, 2.24) is 5.32 Å². The molecular formula is C28H27NO4. The molecule has 1 aromatic heterocycles. The van der Waals surface area contributed by atoms with E-state index in [2.05, 4.69) is 12.2 Å². The van der Waals surface area contributed by atoms with Gasteiger partial charge in [0.2, 0.25) is 0 Å². The van der Waals surface area contributed by atoms with Crippen LogP contribution in [0.25, 0.3) is 11.0 Å². The summed E-state index contributed by atoms with van der Waals surface area (Å²) in [5, 5.41) is 3.67. The third-order valence-corrected chi connectivity index (χ3v) is 5.47. The van der Waals surface area contributed by atoms with Crippen LogP contribution in [0, 0.1) is 0 Å². The number of carbonyl (C=O) groups excluding carboxylic acids is 2. The molecular weight excluding hydrogens is 414 g/mol. The highest BCUT2D eigenvalue weighted by Crippen LogP contribution is 2.29. The quantitative estimate of drug-likeness (QED) is 0.321. The van der Waals surface area contributed by atoms with Crippen molar-refractivity contribution in [3.63, 3.8) is 0 Å². The van der Waals surface area contributed by atoms with Gasteiger partial charge in [0.1, 0.15) is 17.1 Å². The number of benzene rings is 3. The number of carbonyl (C=O) groups is 2. The van der Waals surface area contributed by atoms with E-state index >= 15 is 0 Å². The number of para-hydroxylation sites is 1. The van der Waals surface area contributed by atoms with Gasteiger partial charge in [0.25, 0.3) is 5.91 Å². The summed E-state index contributed by atoms with van der Waals surface area (Å²) >= 11 is 0. The first-order chi connectivity index (χ1) is 16.2. The Labute approximate surface area is 193 Å². The molecule has 0 saturated heterocycles. The van der Waals surface area contributed by atoms with Crippen molar-refractivity contribution >= 4 is 22.7 Å². The third kappa shape index (κ3) is 5.50. The minimum Gasteiger partial charge on any atom is -0.484 e. The molecule has 0 aliphatic heterocycles. The smallest absolute Gasteiger partial charge is 0.258 e. The number of rotatable bonds is 10. The van der Waals surface area contributed by atoms with E-state index in [1.54, 1.807) is 24.3 Å². The van der Waals surface area contributed by atoms with Crippen LogP contribution >= 0.6 is 0 Å². The van der Waals surface area contributed by atoms with Gasteiger partial charge in [-0.1, -0.05) is 61.9 Å². The fourth-order valence-electron chi connectivity index (χ4n) is 3.70. The standard InChI is InChI=1S/C28H27NO4/c1-2-3-12-25-27(23-11-7-8-13-24(23)33-25)28(31)21-14-16-22(17-15-21)32-19-26(30)29-18-20-9-5-4-6-10-20/h4-11,13-17H,2-3,12,18-19H2,1H3,(H,29,30). The van der Waals surface area contributed by atoms with Gasteiger partial charge in [-0.15, -0.1) is 0 Å². The van der Waals surface area contributed by atoms with Crippen LogP contribution in [-0.2, 0) is 17.8 Å². The highest BCUT2D eigenvalue weighted by molar-refractivity contribution is 6.16. The normalized spacial score (nSPS) is 10.8. The fraction of sp³-hybridized carbons (Fsp3) is 0.214. The van der Waals surface area contributed by atoms with E-state index in [0.717, 1.165) is 41.6 Å². The van der Waals surface area contributed by atoms with Crippen molar-refractivity contribution in [3.05, 3.63) is 101 Å². The third-order valence-electron chi connectivity index (χ3n) is 5.47. The number of furan rings is 1. The first-order valence-corrected chi connectivity index (χ1v) is 11.2. The number of fused-ring (bicyclic) bond motifs is 1. The summed E-state index contributed by atoms with van der Waals surface area (Å²) in [6.45, 7) is 2.48. The van der Waals surface area contributed by atoms with Gasteiger partial charge < -0.3 is 14.5 Å². The Kier molecular flexibility index (Phi) is 7.20. The SMILES string of the molecule is CCCCc1oc2ccccc2c1C(=O)c1ccc(OCC(=O)NCc2ccccc2)cc1. The molecule has 5 nitrogen and oxygen atoms in total. The first kappa shape index (κ1) is 22.3. The van der Waals surface area contributed by atoms with Crippen LogP contribution in [0.1, 0.15) is 47.0 Å².